The predicted molar refractivity (Wildman–Crippen MR) is 119 cm³/mol. The fourth-order valence-corrected chi connectivity index (χ4v) is 4.27. The summed E-state index contributed by atoms with van der Waals surface area (Å²) in [5, 5.41) is 4.15. The van der Waals surface area contributed by atoms with Crippen molar-refractivity contribution in [2.75, 3.05) is 0 Å². The molecule has 0 aliphatic rings. The van der Waals surface area contributed by atoms with E-state index in [0.29, 0.717) is 11.1 Å². The van der Waals surface area contributed by atoms with Crippen LogP contribution in [0.15, 0.2) is 90.0 Å². The molecule has 0 saturated heterocycles. The molecule has 0 saturated carbocycles. The number of alkyl halides is 3. The highest BCUT2D eigenvalue weighted by atomic mass is 32.2. The van der Waals surface area contributed by atoms with Gasteiger partial charge in [0.25, 0.3) is 10.0 Å². The molecule has 1 heterocycles. The number of benzene rings is 3. The number of aryl methyl sites for hydroxylation is 1. The highest BCUT2D eigenvalue weighted by Gasteiger charge is 2.31. The number of nitrogens with zero attached hydrogens (tertiary/aromatic N) is 2. The molecule has 34 heavy (non-hydrogen) atoms. The molecule has 0 aliphatic carbocycles. The van der Waals surface area contributed by atoms with Crippen molar-refractivity contribution in [3.63, 3.8) is 0 Å². The molecule has 0 fully saturated rings. The van der Waals surface area contributed by atoms with Gasteiger partial charge < -0.3 is 9.47 Å². The average Bonchev–Trinajstić information content (AvgIpc) is 3.23. The van der Waals surface area contributed by atoms with Crippen LogP contribution >= 0.6 is 0 Å². The minimum absolute atomic E-state index is 0.0176. The first-order valence-electron chi connectivity index (χ1n) is 10.1. The van der Waals surface area contributed by atoms with Gasteiger partial charge in [-0.2, -0.15) is 12.5 Å². The van der Waals surface area contributed by atoms with Gasteiger partial charge in [-0.05, 0) is 42.3 Å². The number of ether oxygens (including phenoxy) is 2. The van der Waals surface area contributed by atoms with Crippen LogP contribution in [0.5, 0.6) is 11.6 Å². The Hall–Kier alpha value is -3.79. The molecule has 176 valence electrons. The second kappa shape index (κ2) is 9.22. The first kappa shape index (κ1) is 23.4. The summed E-state index contributed by atoms with van der Waals surface area (Å²) in [5.74, 6) is -0.383. The Balaban J connectivity index is 1.71. The van der Waals surface area contributed by atoms with Crippen LogP contribution in [0.25, 0.3) is 11.1 Å². The summed E-state index contributed by atoms with van der Waals surface area (Å²) in [6.07, 6.45) is -3.55. The van der Waals surface area contributed by atoms with Crippen molar-refractivity contribution in [2.24, 2.45) is 0 Å². The largest absolute Gasteiger partial charge is 0.573 e. The zero-order chi connectivity index (χ0) is 24.3. The molecule has 1 aromatic heterocycles. The van der Waals surface area contributed by atoms with Crippen molar-refractivity contribution in [3.05, 3.63) is 96.2 Å². The SMILES string of the molecule is Cc1ccc(S(=O)(=O)n2cc(-c3ccc(OC(F)(F)F)cc3)c(OCc3ccccc3)n2)cc1. The summed E-state index contributed by atoms with van der Waals surface area (Å²) in [7, 11) is -4.03. The van der Waals surface area contributed by atoms with Gasteiger partial charge >= 0.3 is 6.36 Å². The maximum Gasteiger partial charge on any atom is 0.573 e. The van der Waals surface area contributed by atoms with Crippen LogP contribution in [0, 0.1) is 6.92 Å². The van der Waals surface area contributed by atoms with Crippen molar-refractivity contribution in [1.82, 2.24) is 9.19 Å². The van der Waals surface area contributed by atoms with E-state index in [4.69, 9.17) is 4.74 Å². The van der Waals surface area contributed by atoms with Gasteiger partial charge in [-0.15, -0.1) is 18.3 Å². The normalized spacial score (nSPS) is 11.9. The van der Waals surface area contributed by atoms with Crippen molar-refractivity contribution in [3.8, 4) is 22.8 Å². The summed E-state index contributed by atoms with van der Waals surface area (Å²) in [6.45, 7) is 1.95. The van der Waals surface area contributed by atoms with E-state index >= 15 is 0 Å². The number of hydrogen-bond donors (Lipinski definition) is 0. The second-order valence-electron chi connectivity index (χ2n) is 7.39. The van der Waals surface area contributed by atoms with E-state index in [2.05, 4.69) is 9.84 Å². The first-order valence-corrected chi connectivity index (χ1v) is 11.5. The van der Waals surface area contributed by atoms with E-state index in [-0.39, 0.29) is 17.4 Å². The lowest BCUT2D eigenvalue weighted by molar-refractivity contribution is -0.274. The molecule has 4 aromatic rings. The molecule has 4 rings (SSSR count). The van der Waals surface area contributed by atoms with E-state index in [9.17, 15) is 21.6 Å². The smallest absolute Gasteiger partial charge is 0.471 e. The molecule has 0 N–H and O–H groups in total. The minimum atomic E-state index is -4.82. The predicted octanol–water partition coefficient (Wildman–Crippen LogP) is 5.57. The number of hydrogen-bond acceptors (Lipinski definition) is 5. The standard InChI is InChI=1S/C24H19F3N2O4S/c1-17-7-13-21(14-8-17)34(30,31)29-15-22(19-9-11-20(12-10-19)33-24(25,26)27)23(28-29)32-16-18-5-3-2-4-6-18/h2-15H,16H2,1H3. The summed E-state index contributed by atoms with van der Waals surface area (Å²) < 4.78 is 74.2. The van der Waals surface area contributed by atoms with Crippen LogP contribution < -0.4 is 9.47 Å². The number of rotatable bonds is 7. The van der Waals surface area contributed by atoms with E-state index in [1.165, 1.54) is 30.5 Å². The molecule has 0 bridgehead atoms. The molecule has 10 heteroatoms. The van der Waals surface area contributed by atoms with Gasteiger partial charge in [-0.3, -0.25) is 0 Å². The minimum Gasteiger partial charge on any atom is -0.471 e. The number of aromatic nitrogens is 2. The monoisotopic (exact) mass is 488 g/mol. The zero-order valence-corrected chi connectivity index (χ0v) is 18.7. The van der Waals surface area contributed by atoms with Gasteiger partial charge in [0.15, 0.2) is 0 Å². The maximum atomic E-state index is 13.1. The molecule has 0 unspecified atom stereocenters. The Morgan fingerprint density at radius 3 is 2.18 bits per heavy atom. The highest BCUT2D eigenvalue weighted by molar-refractivity contribution is 7.89. The average molecular weight is 488 g/mol. The Morgan fingerprint density at radius 2 is 1.56 bits per heavy atom. The molecule has 0 aliphatic heterocycles. The topological polar surface area (TPSA) is 70.4 Å². The molecule has 0 atom stereocenters. The lowest BCUT2D eigenvalue weighted by atomic mass is 10.1. The summed E-state index contributed by atoms with van der Waals surface area (Å²) in [5.41, 5.74) is 2.43. The lowest BCUT2D eigenvalue weighted by Gasteiger charge is -2.09. The quantitative estimate of drug-likeness (QED) is 0.340. The zero-order valence-electron chi connectivity index (χ0n) is 17.9. The summed E-state index contributed by atoms with van der Waals surface area (Å²) in [4.78, 5) is 0.0377. The van der Waals surface area contributed by atoms with Gasteiger partial charge in [-0.1, -0.05) is 60.2 Å². The Labute approximate surface area is 194 Å². The van der Waals surface area contributed by atoms with E-state index < -0.39 is 22.1 Å². The molecule has 3 aromatic carbocycles. The van der Waals surface area contributed by atoms with Crippen LogP contribution in [0.4, 0.5) is 13.2 Å². The first-order chi connectivity index (χ1) is 16.1. The maximum absolute atomic E-state index is 13.1. The van der Waals surface area contributed by atoms with Gasteiger partial charge in [-0.25, -0.2) is 0 Å². The van der Waals surface area contributed by atoms with Crippen LogP contribution in [0.2, 0.25) is 0 Å². The molecule has 0 spiro atoms. The van der Waals surface area contributed by atoms with Crippen molar-refractivity contribution >= 4 is 10.0 Å². The Morgan fingerprint density at radius 1 is 0.912 bits per heavy atom. The van der Waals surface area contributed by atoms with E-state index in [1.807, 2.05) is 37.3 Å². The summed E-state index contributed by atoms with van der Waals surface area (Å²) >= 11 is 0. The lowest BCUT2D eigenvalue weighted by Crippen LogP contribution is -2.16. The van der Waals surface area contributed by atoms with Gasteiger partial charge in [0.1, 0.15) is 12.4 Å². The Bertz CT molecular complexity index is 1370. The van der Waals surface area contributed by atoms with Crippen LogP contribution in [-0.4, -0.2) is 24.0 Å². The third-order valence-corrected chi connectivity index (χ3v) is 6.39. The van der Waals surface area contributed by atoms with Crippen LogP contribution in [0.1, 0.15) is 11.1 Å². The van der Waals surface area contributed by atoms with Crippen LogP contribution in [-0.2, 0) is 16.6 Å². The van der Waals surface area contributed by atoms with Gasteiger partial charge in [0, 0.05) is 0 Å². The molecule has 0 amide bonds. The van der Waals surface area contributed by atoms with E-state index in [1.54, 1.807) is 12.1 Å². The van der Waals surface area contributed by atoms with E-state index in [0.717, 1.165) is 27.3 Å². The third kappa shape index (κ3) is 5.40. The fourth-order valence-electron chi connectivity index (χ4n) is 3.15. The van der Waals surface area contributed by atoms with Crippen molar-refractivity contribution < 1.29 is 31.1 Å². The molecule has 6 nitrogen and oxygen atoms in total. The fraction of sp³-hybridized carbons (Fsp3) is 0.125. The second-order valence-corrected chi connectivity index (χ2v) is 9.18. The van der Waals surface area contributed by atoms with Gasteiger partial charge in [0.2, 0.25) is 5.88 Å². The molecular weight excluding hydrogens is 469 g/mol. The van der Waals surface area contributed by atoms with Crippen molar-refractivity contribution in [2.45, 2.75) is 24.8 Å². The van der Waals surface area contributed by atoms with Gasteiger partial charge in [0.05, 0.1) is 16.7 Å². The van der Waals surface area contributed by atoms with Crippen molar-refractivity contribution in [1.29, 1.82) is 0 Å². The third-order valence-electron chi connectivity index (χ3n) is 4.84. The highest BCUT2D eigenvalue weighted by Crippen LogP contribution is 2.33. The Kier molecular flexibility index (Phi) is 6.34. The summed E-state index contributed by atoms with van der Waals surface area (Å²) in [6, 6.07) is 20.5. The molecule has 0 radical (unpaired) electrons. The van der Waals surface area contributed by atoms with Crippen LogP contribution in [0.3, 0.4) is 0 Å². The number of halogens is 3. The molecular formula is C24H19F3N2O4S.